The van der Waals surface area contributed by atoms with E-state index in [9.17, 15) is 0 Å². The zero-order valence-electron chi connectivity index (χ0n) is 11.2. The monoisotopic (exact) mass is 241 g/mol. The molecular weight excluding hydrogens is 222 g/mol. The Morgan fingerprint density at radius 2 is 2.17 bits per heavy atom. The third-order valence-corrected chi connectivity index (χ3v) is 3.72. The molecular formula is C15H19N3. The zero-order valence-corrected chi connectivity index (χ0v) is 11.2. The van der Waals surface area contributed by atoms with Gasteiger partial charge in [0.05, 0.1) is 17.4 Å². The Kier molecular flexibility index (Phi) is 2.62. The van der Waals surface area contributed by atoms with E-state index in [-0.39, 0.29) is 0 Å². The summed E-state index contributed by atoms with van der Waals surface area (Å²) in [6.45, 7) is 4.21. The normalized spacial score (nSPS) is 17.8. The number of hydrogen-bond acceptors (Lipinski definition) is 2. The Bertz CT molecular complexity index is 583. The maximum atomic E-state index is 4.38. The van der Waals surface area contributed by atoms with Crippen LogP contribution in [0.25, 0.3) is 0 Å². The molecule has 1 aromatic carbocycles. The van der Waals surface area contributed by atoms with Crippen molar-refractivity contribution in [3.05, 3.63) is 46.8 Å². The van der Waals surface area contributed by atoms with Gasteiger partial charge in [0.25, 0.3) is 0 Å². The molecule has 1 unspecified atom stereocenters. The largest absolute Gasteiger partial charge is 0.375 e. The molecule has 2 aromatic rings. The Morgan fingerprint density at radius 1 is 1.33 bits per heavy atom. The number of fused-ring (bicyclic) bond motifs is 1. The van der Waals surface area contributed by atoms with E-state index in [1.807, 2.05) is 11.7 Å². The van der Waals surface area contributed by atoms with E-state index < -0.39 is 0 Å². The van der Waals surface area contributed by atoms with E-state index in [2.05, 4.69) is 48.7 Å². The summed E-state index contributed by atoms with van der Waals surface area (Å²) in [6.07, 6.45) is 4.41. The summed E-state index contributed by atoms with van der Waals surface area (Å²) in [6, 6.07) is 7.22. The maximum absolute atomic E-state index is 4.38. The van der Waals surface area contributed by atoms with Gasteiger partial charge in [0.1, 0.15) is 0 Å². The highest BCUT2D eigenvalue weighted by Gasteiger charge is 2.23. The summed E-state index contributed by atoms with van der Waals surface area (Å²) >= 11 is 0. The van der Waals surface area contributed by atoms with Gasteiger partial charge in [-0.2, -0.15) is 5.10 Å². The number of anilines is 1. The van der Waals surface area contributed by atoms with Crippen LogP contribution >= 0.6 is 0 Å². The maximum Gasteiger partial charge on any atom is 0.0825 e. The smallest absolute Gasteiger partial charge is 0.0825 e. The molecule has 1 N–H and O–H groups in total. The fourth-order valence-electron chi connectivity index (χ4n) is 2.80. The van der Waals surface area contributed by atoms with Crippen molar-refractivity contribution in [2.45, 2.75) is 32.7 Å². The first-order valence-corrected chi connectivity index (χ1v) is 6.49. The molecule has 0 fully saturated rings. The van der Waals surface area contributed by atoms with Gasteiger partial charge in [0.2, 0.25) is 0 Å². The van der Waals surface area contributed by atoms with Crippen molar-refractivity contribution < 1.29 is 0 Å². The lowest BCUT2D eigenvalue weighted by Crippen LogP contribution is -2.07. The highest BCUT2D eigenvalue weighted by atomic mass is 15.3. The highest BCUT2D eigenvalue weighted by Crippen LogP contribution is 2.34. The highest BCUT2D eigenvalue weighted by molar-refractivity contribution is 5.50. The van der Waals surface area contributed by atoms with Crippen molar-refractivity contribution in [3.8, 4) is 0 Å². The van der Waals surface area contributed by atoms with E-state index in [4.69, 9.17) is 0 Å². The van der Waals surface area contributed by atoms with Gasteiger partial charge in [-0.1, -0.05) is 23.8 Å². The van der Waals surface area contributed by atoms with Crippen molar-refractivity contribution in [1.82, 2.24) is 9.78 Å². The number of aromatic nitrogens is 2. The van der Waals surface area contributed by atoms with Gasteiger partial charge in [0, 0.05) is 13.2 Å². The molecule has 1 aliphatic rings. The van der Waals surface area contributed by atoms with E-state index in [0.717, 1.165) is 11.4 Å². The summed E-state index contributed by atoms with van der Waals surface area (Å²) < 4.78 is 1.86. The number of benzene rings is 1. The first-order chi connectivity index (χ1) is 8.63. The van der Waals surface area contributed by atoms with E-state index in [0.29, 0.717) is 6.04 Å². The van der Waals surface area contributed by atoms with Gasteiger partial charge in [-0.25, -0.2) is 0 Å². The second-order valence-corrected chi connectivity index (χ2v) is 5.24. The fraction of sp³-hybridized carbons (Fsp3) is 0.400. The predicted octanol–water partition coefficient (Wildman–Crippen LogP) is 3.14. The minimum Gasteiger partial charge on any atom is -0.375 e. The molecule has 1 heterocycles. The van der Waals surface area contributed by atoms with Crippen LogP contribution in [0.3, 0.4) is 0 Å². The number of rotatable bonds is 2. The average Bonchev–Trinajstić information content (AvgIpc) is 2.84. The lowest BCUT2D eigenvalue weighted by molar-refractivity contribution is 0.755. The van der Waals surface area contributed by atoms with Crippen molar-refractivity contribution in [1.29, 1.82) is 0 Å². The van der Waals surface area contributed by atoms with Crippen molar-refractivity contribution in [3.63, 3.8) is 0 Å². The molecule has 3 nitrogen and oxygen atoms in total. The summed E-state index contributed by atoms with van der Waals surface area (Å²) in [5, 5.41) is 8.01. The van der Waals surface area contributed by atoms with Crippen LogP contribution in [0.15, 0.2) is 24.4 Å². The Morgan fingerprint density at radius 3 is 2.89 bits per heavy atom. The van der Waals surface area contributed by atoms with E-state index >= 15 is 0 Å². The second-order valence-electron chi connectivity index (χ2n) is 5.24. The molecule has 0 bridgehead atoms. The molecule has 0 radical (unpaired) electrons. The molecule has 1 aliphatic carbocycles. The summed E-state index contributed by atoms with van der Waals surface area (Å²) in [5.74, 6) is 0. The topological polar surface area (TPSA) is 29.9 Å². The Hall–Kier alpha value is -1.77. The molecule has 0 amide bonds. The molecule has 3 heteroatoms. The summed E-state index contributed by atoms with van der Waals surface area (Å²) in [7, 11) is 1.96. The summed E-state index contributed by atoms with van der Waals surface area (Å²) in [4.78, 5) is 0. The molecule has 0 aliphatic heterocycles. The van der Waals surface area contributed by atoms with Crippen LogP contribution in [0.4, 0.5) is 5.69 Å². The second kappa shape index (κ2) is 4.16. The van der Waals surface area contributed by atoms with Crippen molar-refractivity contribution >= 4 is 5.69 Å². The van der Waals surface area contributed by atoms with E-state index in [1.54, 1.807) is 0 Å². The van der Waals surface area contributed by atoms with Crippen LogP contribution in [-0.4, -0.2) is 9.78 Å². The predicted molar refractivity (Wildman–Crippen MR) is 73.8 cm³/mol. The van der Waals surface area contributed by atoms with Gasteiger partial charge < -0.3 is 5.32 Å². The number of nitrogens with zero attached hydrogens (tertiary/aromatic N) is 2. The third kappa shape index (κ3) is 1.90. The van der Waals surface area contributed by atoms with Crippen LogP contribution in [-0.2, 0) is 13.5 Å². The quantitative estimate of drug-likeness (QED) is 0.875. The number of nitrogens with one attached hydrogen (secondary N) is 1. The van der Waals surface area contributed by atoms with Crippen LogP contribution in [0.1, 0.15) is 34.8 Å². The SMILES string of the molecule is Cc1ccc2c(c1)C(Nc1cn(C)nc1C)CC2. The molecule has 0 saturated carbocycles. The average molecular weight is 241 g/mol. The molecule has 0 saturated heterocycles. The minimum absolute atomic E-state index is 0.433. The zero-order chi connectivity index (χ0) is 12.7. The standard InChI is InChI=1S/C15H19N3/c1-10-4-5-12-6-7-14(13(12)8-10)16-15-9-18(3)17-11(15)2/h4-5,8-9,14,16H,6-7H2,1-3H3. The van der Waals surface area contributed by atoms with Gasteiger partial charge in [-0.15, -0.1) is 0 Å². The van der Waals surface area contributed by atoms with Gasteiger partial charge in [0.15, 0.2) is 0 Å². The number of hydrogen-bond donors (Lipinski definition) is 1. The molecule has 3 rings (SSSR count). The van der Waals surface area contributed by atoms with Gasteiger partial charge >= 0.3 is 0 Å². The first kappa shape index (κ1) is 11.3. The molecule has 0 spiro atoms. The molecule has 94 valence electrons. The van der Waals surface area contributed by atoms with Gasteiger partial charge in [-0.05, 0) is 37.8 Å². The van der Waals surface area contributed by atoms with Crippen LogP contribution in [0, 0.1) is 13.8 Å². The summed E-state index contributed by atoms with van der Waals surface area (Å²) in [5.41, 5.74) is 6.50. The number of aryl methyl sites for hydroxylation is 4. The van der Waals surface area contributed by atoms with E-state index in [1.165, 1.54) is 29.5 Å². The van der Waals surface area contributed by atoms with Gasteiger partial charge in [-0.3, -0.25) is 4.68 Å². The van der Waals surface area contributed by atoms with Crippen LogP contribution in [0.2, 0.25) is 0 Å². The first-order valence-electron chi connectivity index (χ1n) is 6.49. The van der Waals surface area contributed by atoms with Crippen LogP contribution < -0.4 is 5.32 Å². The minimum atomic E-state index is 0.433. The fourth-order valence-corrected chi connectivity index (χ4v) is 2.80. The molecule has 18 heavy (non-hydrogen) atoms. The van der Waals surface area contributed by atoms with Crippen molar-refractivity contribution in [2.24, 2.45) is 7.05 Å². The molecule has 1 atom stereocenters. The van der Waals surface area contributed by atoms with Crippen molar-refractivity contribution in [2.75, 3.05) is 5.32 Å². The molecule has 1 aromatic heterocycles. The van der Waals surface area contributed by atoms with Crippen LogP contribution in [0.5, 0.6) is 0 Å². The Balaban J connectivity index is 1.88. The lowest BCUT2D eigenvalue weighted by atomic mass is 10.0. The lowest BCUT2D eigenvalue weighted by Gasteiger charge is -2.15. The Labute approximate surface area is 108 Å². The third-order valence-electron chi connectivity index (χ3n) is 3.72.